The van der Waals surface area contributed by atoms with E-state index < -0.39 is 0 Å². The highest BCUT2D eigenvalue weighted by Gasteiger charge is 2.40. The van der Waals surface area contributed by atoms with Crippen LogP contribution in [0.2, 0.25) is 0 Å². The molecule has 6 saturated carbocycles. The van der Waals surface area contributed by atoms with Crippen LogP contribution in [-0.4, -0.2) is 23.0 Å². The first kappa shape index (κ1) is 28.1. The van der Waals surface area contributed by atoms with Crippen molar-refractivity contribution in [3.8, 4) is 0 Å². The molecule has 6 aliphatic carbocycles. The maximum absolute atomic E-state index is 3.25. The van der Waals surface area contributed by atoms with E-state index in [1.165, 1.54) is 64.2 Å². The predicted octanol–water partition coefficient (Wildman–Crippen LogP) is 11.0. The van der Waals surface area contributed by atoms with Gasteiger partial charge in [0.1, 0.15) is 0 Å². The summed E-state index contributed by atoms with van der Waals surface area (Å²) in [5.41, 5.74) is 0. The highest BCUT2D eigenvalue weighted by Crippen LogP contribution is 2.47. The fourth-order valence-electron chi connectivity index (χ4n) is 11.5. The van der Waals surface area contributed by atoms with E-state index in [1.807, 2.05) is 0 Å². The maximum atomic E-state index is 3.25. The van der Waals surface area contributed by atoms with Crippen LogP contribution in [0.3, 0.4) is 0 Å². The van der Waals surface area contributed by atoms with Crippen molar-refractivity contribution in [3.05, 3.63) is 0 Å². The van der Waals surface area contributed by atoms with Crippen molar-refractivity contribution in [2.45, 2.75) is 192 Å². The summed E-state index contributed by atoms with van der Waals surface area (Å²) < 4.78 is 0. The van der Waals surface area contributed by atoms with Crippen molar-refractivity contribution in [1.82, 2.24) is 4.90 Å². The Bertz CT molecular complexity index is 657. The van der Waals surface area contributed by atoms with Gasteiger partial charge in [0.25, 0.3) is 0 Å². The maximum Gasteiger partial charge on any atom is 0.0101 e. The zero-order valence-corrected chi connectivity index (χ0v) is 25.6. The predicted molar refractivity (Wildman–Crippen MR) is 163 cm³/mol. The minimum absolute atomic E-state index is 0.926. The number of nitrogens with zero attached hydrogens (tertiary/aromatic N) is 1. The van der Waals surface area contributed by atoms with E-state index in [1.54, 1.807) is 103 Å². The van der Waals surface area contributed by atoms with E-state index in [4.69, 9.17) is 0 Å². The first-order valence-corrected chi connectivity index (χ1v) is 18.5. The Labute approximate surface area is 238 Å². The lowest BCUT2D eigenvalue weighted by atomic mass is 9.66. The minimum atomic E-state index is 0.926. The fraction of sp³-hybridized carbons (Fsp3) is 1.00. The molecule has 6 aliphatic rings. The van der Waals surface area contributed by atoms with Crippen LogP contribution >= 0.6 is 0 Å². The van der Waals surface area contributed by atoms with Gasteiger partial charge in [-0.1, -0.05) is 71.1 Å². The molecule has 0 aromatic heterocycles. The zero-order valence-electron chi connectivity index (χ0n) is 25.6. The highest BCUT2D eigenvalue weighted by atomic mass is 15.2. The Balaban J connectivity index is 1.02. The molecule has 218 valence electrons. The molecule has 6 fully saturated rings. The van der Waals surface area contributed by atoms with Crippen LogP contribution in [0.1, 0.15) is 174 Å². The summed E-state index contributed by atoms with van der Waals surface area (Å²) in [6.45, 7) is 2.52. The van der Waals surface area contributed by atoms with Crippen LogP contribution < -0.4 is 0 Å². The lowest BCUT2D eigenvalue weighted by molar-refractivity contribution is -0.00684. The second-order valence-corrected chi connectivity index (χ2v) is 16.0. The quantitative estimate of drug-likeness (QED) is 0.334. The molecule has 38 heavy (non-hydrogen) atoms. The van der Waals surface area contributed by atoms with Gasteiger partial charge in [0.2, 0.25) is 0 Å². The van der Waals surface area contributed by atoms with Crippen LogP contribution in [0.15, 0.2) is 0 Å². The summed E-state index contributed by atoms with van der Waals surface area (Å²) in [6, 6.07) is 2.79. The van der Waals surface area contributed by atoms with E-state index in [-0.39, 0.29) is 0 Å². The molecule has 1 heteroatoms. The van der Waals surface area contributed by atoms with Crippen LogP contribution in [0, 0.1) is 41.4 Å². The van der Waals surface area contributed by atoms with Crippen LogP contribution in [0.5, 0.6) is 0 Å². The lowest BCUT2D eigenvalue weighted by Gasteiger charge is -2.50. The van der Waals surface area contributed by atoms with Gasteiger partial charge in [0.05, 0.1) is 0 Å². The standard InChI is InChI=1S/C37H65N/c1-28-12-22-35(23-13-28)38(36-24-18-33(19-25-36)30-10-6-3-7-11-30)37-26-20-34(21-27-37)32-16-14-31(15-17-32)29-8-4-2-5-9-29/h28-37H,2-27H2,1H3. The van der Waals surface area contributed by atoms with Gasteiger partial charge in [0.15, 0.2) is 0 Å². The SMILES string of the molecule is CC1CCC(N(C2CCC(C3CCCCC3)CC2)C2CCC(C3CCC(C4CCCCC4)CC3)CC2)CC1. The summed E-state index contributed by atoms with van der Waals surface area (Å²) >= 11 is 0. The zero-order chi connectivity index (χ0) is 25.7. The molecule has 0 aliphatic heterocycles. The summed E-state index contributed by atoms with van der Waals surface area (Å²) in [5.74, 6) is 7.54. The normalized spacial score (nSPS) is 42.8. The Kier molecular flexibility index (Phi) is 10.2. The summed E-state index contributed by atoms with van der Waals surface area (Å²) in [6.07, 6.45) is 40.2. The van der Waals surface area contributed by atoms with Crippen molar-refractivity contribution in [3.63, 3.8) is 0 Å². The van der Waals surface area contributed by atoms with Gasteiger partial charge < -0.3 is 0 Å². The smallest absolute Gasteiger partial charge is 0.0101 e. The number of rotatable bonds is 6. The Morgan fingerprint density at radius 2 is 0.553 bits per heavy atom. The highest BCUT2D eigenvalue weighted by molar-refractivity contribution is 4.94. The van der Waals surface area contributed by atoms with E-state index in [2.05, 4.69) is 11.8 Å². The molecule has 0 heterocycles. The van der Waals surface area contributed by atoms with Crippen LogP contribution in [-0.2, 0) is 0 Å². The van der Waals surface area contributed by atoms with Crippen molar-refractivity contribution in [2.75, 3.05) is 0 Å². The van der Waals surface area contributed by atoms with Gasteiger partial charge in [0, 0.05) is 18.1 Å². The van der Waals surface area contributed by atoms with Gasteiger partial charge in [-0.2, -0.15) is 0 Å². The fourth-order valence-corrected chi connectivity index (χ4v) is 11.5. The second-order valence-electron chi connectivity index (χ2n) is 16.0. The van der Waals surface area contributed by atoms with E-state index in [0.717, 1.165) is 59.6 Å². The molecule has 0 saturated heterocycles. The van der Waals surface area contributed by atoms with Crippen molar-refractivity contribution in [1.29, 1.82) is 0 Å². The lowest BCUT2D eigenvalue weighted by Crippen LogP contribution is -2.53. The third-order valence-corrected chi connectivity index (χ3v) is 13.8. The van der Waals surface area contributed by atoms with E-state index >= 15 is 0 Å². The molecule has 0 atom stereocenters. The Morgan fingerprint density at radius 3 is 0.895 bits per heavy atom. The molecular weight excluding hydrogens is 458 g/mol. The third kappa shape index (κ3) is 6.87. The van der Waals surface area contributed by atoms with Gasteiger partial charge >= 0.3 is 0 Å². The Morgan fingerprint density at radius 1 is 0.289 bits per heavy atom. The first-order chi connectivity index (χ1) is 18.7. The number of hydrogen-bond acceptors (Lipinski definition) is 1. The molecule has 0 aromatic rings. The average Bonchev–Trinajstić information content (AvgIpc) is 3.00. The second kappa shape index (κ2) is 13.7. The molecule has 0 spiro atoms. The van der Waals surface area contributed by atoms with Crippen LogP contribution in [0.4, 0.5) is 0 Å². The van der Waals surface area contributed by atoms with Crippen molar-refractivity contribution < 1.29 is 0 Å². The molecule has 0 aromatic carbocycles. The average molecular weight is 524 g/mol. The molecule has 0 amide bonds. The number of hydrogen-bond donors (Lipinski definition) is 0. The van der Waals surface area contributed by atoms with E-state index in [9.17, 15) is 0 Å². The van der Waals surface area contributed by atoms with Gasteiger partial charge in [-0.15, -0.1) is 0 Å². The van der Waals surface area contributed by atoms with Gasteiger partial charge in [-0.3, -0.25) is 4.90 Å². The van der Waals surface area contributed by atoms with Crippen LogP contribution in [0.25, 0.3) is 0 Å². The minimum Gasteiger partial charge on any atom is -0.294 e. The first-order valence-electron chi connectivity index (χ1n) is 18.5. The monoisotopic (exact) mass is 524 g/mol. The molecule has 0 N–H and O–H groups in total. The molecule has 1 nitrogen and oxygen atoms in total. The summed E-state index contributed by atoms with van der Waals surface area (Å²) in [4.78, 5) is 3.25. The third-order valence-electron chi connectivity index (χ3n) is 13.8. The van der Waals surface area contributed by atoms with Crippen molar-refractivity contribution in [2.24, 2.45) is 41.4 Å². The van der Waals surface area contributed by atoms with E-state index in [0.29, 0.717) is 0 Å². The molecule has 0 bridgehead atoms. The topological polar surface area (TPSA) is 3.24 Å². The van der Waals surface area contributed by atoms with Gasteiger partial charge in [-0.25, -0.2) is 0 Å². The summed E-state index contributed by atoms with van der Waals surface area (Å²) in [7, 11) is 0. The molecule has 0 unspecified atom stereocenters. The summed E-state index contributed by atoms with van der Waals surface area (Å²) in [5, 5.41) is 0. The van der Waals surface area contributed by atoms with Gasteiger partial charge in [-0.05, 0) is 144 Å². The Hall–Kier alpha value is -0.0400. The molecule has 6 rings (SSSR count). The largest absolute Gasteiger partial charge is 0.294 e. The molecule has 0 radical (unpaired) electrons. The van der Waals surface area contributed by atoms with Crippen molar-refractivity contribution >= 4 is 0 Å². The molecular formula is C37H65N.